The number of nitrogens with zero attached hydrogens (tertiary/aromatic N) is 4. The average molecular weight is 394 g/mol. The summed E-state index contributed by atoms with van der Waals surface area (Å²) in [7, 11) is 2.00. The third kappa shape index (κ3) is 4.03. The lowest BCUT2D eigenvalue weighted by molar-refractivity contribution is 0.265. The van der Waals surface area contributed by atoms with Crippen molar-refractivity contribution in [3.05, 3.63) is 48.3 Å². The summed E-state index contributed by atoms with van der Waals surface area (Å²) >= 11 is 0. The second kappa shape index (κ2) is 7.95. The zero-order valence-electron chi connectivity index (χ0n) is 17.1. The fourth-order valence-corrected chi connectivity index (χ4v) is 4.11. The molecule has 2 aromatic carbocycles. The summed E-state index contributed by atoms with van der Waals surface area (Å²) in [4.78, 5) is 13.9. The van der Waals surface area contributed by atoms with Crippen molar-refractivity contribution in [2.45, 2.75) is 26.3 Å². The summed E-state index contributed by atoms with van der Waals surface area (Å²) in [5, 5.41) is 10.9. The Hall–Kier alpha value is -2.73. The maximum atomic E-state index is 14.0. The van der Waals surface area contributed by atoms with Crippen LogP contribution in [0.25, 0.3) is 22.3 Å². The van der Waals surface area contributed by atoms with Crippen LogP contribution in [-0.4, -0.2) is 52.7 Å². The number of phenolic OH excluding ortho intramolecular Hbond substituents is 1. The monoisotopic (exact) mass is 394 g/mol. The van der Waals surface area contributed by atoms with E-state index in [1.807, 2.05) is 13.1 Å². The lowest BCUT2D eigenvalue weighted by Gasteiger charge is -2.25. The number of anilines is 1. The number of para-hydroxylation sites is 1. The van der Waals surface area contributed by atoms with E-state index < -0.39 is 0 Å². The van der Waals surface area contributed by atoms with E-state index in [2.05, 4.69) is 28.6 Å². The van der Waals surface area contributed by atoms with Gasteiger partial charge in [-0.25, -0.2) is 14.4 Å². The summed E-state index contributed by atoms with van der Waals surface area (Å²) in [6.07, 6.45) is 1.15. The second-order valence-corrected chi connectivity index (χ2v) is 8.17. The average Bonchev–Trinajstić information content (AvgIpc) is 3.16. The number of likely N-dealkylation sites (tertiary alicyclic amines) is 1. The molecule has 29 heavy (non-hydrogen) atoms. The number of halogens is 1. The van der Waals surface area contributed by atoms with Crippen molar-refractivity contribution in [2.75, 3.05) is 31.6 Å². The van der Waals surface area contributed by atoms with Gasteiger partial charge in [0.25, 0.3) is 0 Å². The number of aromatic hydroxyl groups is 1. The Kier molecular flexibility index (Phi) is 5.37. The molecule has 0 spiro atoms. The molecule has 152 valence electrons. The van der Waals surface area contributed by atoms with E-state index in [1.54, 1.807) is 24.3 Å². The summed E-state index contributed by atoms with van der Waals surface area (Å²) in [5.74, 6) is 1.49. The molecule has 1 aliphatic rings. The third-order valence-electron chi connectivity index (χ3n) is 5.72. The number of hydrogen-bond acceptors (Lipinski definition) is 5. The number of fused-ring (bicyclic) bond motifs is 1. The van der Waals surface area contributed by atoms with Gasteiger partial charge in [0.2, 0.25) is 0 Å². The first-order valence-electron chi connectivity index (χ1n) is 10.1. The van der Waals surface area contributed by atoms with Gasteiger partial charge < -0.3 is 14.9 Å². The minimum atomic E-state index is -0.307. The quantitative estimate of drug-likeness (QED) is 0.699. The highest BCUT2D eigenvalue weighted by molar-refractivity contribution is 5.91. The number of hydrogen-bond donors (Lipinski definition) is 1. The van der Waals surface area contributed by atoms with Crippen LogP contribution in [0.2, 0.25) is 0 Å². The molecule has 0 bridgehead atoms. The number of rotatable bonds is 5. The van der Waals surface area contributed by atoms with Gasteiger partial charge in [-0.05, 0) is 63.1 Å². The van der Waals surface area contributed by atoms with Crippen LogP contribution in [0.1, 0.15) is 20.3 Å². The normalized spacial score (nSPS) is 17.3. The van der Waals surface area contributed by atoms with Crippen LogP contribution < -0.4 is 4.90 Å². The van der Waals surface area contributed by atoms with Crippen LogP contribution in [0.15, 0.2) is 42.5 Å². The maximum absolute atomic E-state index is 14.0. The first-order chi connectivity index (χ1) is 13.9. The molecule has 1 unspecified atom stereocenters. The zero-order chi connectivity index (χ0) is 20.5. The molecule has 5 nitrogen and oxygen atoms in total. The molecule has 1 aromatic heterocycles. The highest BCUT2D eigenvalue weighted by Gasteiger charge is 2.26. The van der Waals surface area contributed by atoms with Crippen molar-refractivity contribution in [1.29, 1.82) is 0 Å². The maximum Gasteiger partial charge on any atom is 0.165 e. The van der Waals surface area contributed by atoms with E-state index in [0.29, 0.717) is 40.1 Å². The highest BCUT2D eigenvalue weighted by atomic mass is 19.1. The van der Waals surface area contributed by atoms with E-state index in [1.165, 1.54) is 12.1 Å². The van der Waals surface area contributed by atoms with Gasteiger partial charge in [0.1, 0.15) is 17.4 Å². The minimum absolute atomic E-state index is 0.130. The Bertz CT molecular complexity index is 1020. The van der Waals surface area contributed by atoms with Crippen LogP contribution in [0, 0.1) is 11.7 Å². The molecule has 0 saturated carbocycles. The Labute approximate surface area is 170 Å². The number of phenols is 1. The smallest absolute Gasteiger partial charge is 0.165 e. The largest absolute Gasteiger partial charge is 0.507 e. The van der Waals surface area contributed by atoms with Crippen molar-refractivity contribution >= 4 is 16.7 Å². The molecular formula is C23H27FN4O. The summed E-state index contributed by atoms with van der Waals surface area (Å²) in [5.41, 5.74) is 1.23. The van der Waals surface area contributed by atoms with Crippen LogP contribution in [0.4, 0.5) is 10.2 Å². The lowest BCUT2D eigenvalue weighted by atomic mass is 10.1. The van der Waals surface area contributed by atoms with E-state index in [9.17, 15) is 9.50 Å². The Morgan fingerprint density at radius 1 is 1.21 bits per heavy atom. The van der Waals surface area contributed by atoms with Gasteiger partial charge in [-0.3, -0.25) is 0 Å². The van der Waals surface area contributed by atoms with Crippen LogP contribution in [0.3, 0.4) is 0 Å². The Morgan fingerprint density at radius 2 is 2.00 bits per heavy atom. The fourth-order valence-electron chi connectivity index (χ4n) is 4.11. The molecule has 1 saturated heterocycles. The predicted molar refractivity (Wildman–Crippen MR) is 115 cm³/mol. The van der Waals surface area contributed by atoms with Crippen molar-refractivity contribution in [3.8, 4) is 17.1 Å². The first-order valence-corrected chi connectivity index (χ1v) is 10.1. The topological polar surface area (TPSA) is 52.5 Å². The predicted octanol–water partition coefficient (Wildman–Crippen LogP) is 4.31. The molecule has 0 radical (unpaired) electrons. The Morgan fingerprint density at radius 3 is 2.72 bits per heavy atom. The van der Waals surface area contributed by atoms with Gasteiger partial charge in [0.15, 0.2) is 5.82 Å². The molecule has 1 aliphatic heterocycles. The molecule has 1 fully saturated rings. The van der Waals surface area contributed by atoms with E-state index in [0.717, 1.165) is 26.1 Å². The van der Waals surface area contributed by atoms with E-state index >= 15 is 0 Å². The van der Waals surface area contributed by atoms with Crippen molar-refractivity contribution in [2.24, 2.45) is 5.92 Å². The van der Waals surface area contributed by atoms with E-state index in [-0.39, 0.29) is 11.6 Å². The highest BCUT2D eigenvalue weighted by Crippen LogP contribution is 2.32. The lowest BCUT2D eigenvalue weighted by Crippen LogP contribution is -2.31. The van der Waals surface area contributed by atoms with Gasteiger partial charge in [0, 0.05) is 31.6 Å². The zero-order valence-corrected chi connectivity index (χ0v) is 17.1. The van der Waals surface area contributed by atoms with Crippen molar-refractivity contribution in [1.82, 2.24) is 14.9 Å². The van der Waals surface area contributed by atoms with Gasteiger partial charge in [0.05, 0.1) is 11.1 Å². The molecule has 2 heterocycles. The summed E-state index contributed by atoms with van der Waals surface area (Å²) < 4.78 is 14.0. The fraction of sp³-hybridized carbons (Fsp3) is 0.391. The number of benzene rings is 2. The van der Waals surface area contributed by atoms with Gasteiger partial charge in [-0.2, -0.15) is 0 Å². The standard InChI is InChI=1S/C23H27FN4O/c1-15(2)28-11-10-16(14-28)13-27(3)23-19-12-17(24)8-9-20(19)25-22(26-23)18-6-4-5-7-21(18)29/h4-9,12,15-16,29H,10-11,13-14H2,1-3H3. The van der Waals surface area contributed by atoms with Crippen molar-refractivity contribution < 1.29 is 9.50 Å². The Balaban J connectivity index is 1.72. The number of aromatic nitrogens is 2. The van der Waals surface area contributed by atoms with Gasteiger partial charge in [-0.1, -0.05) is 12.1 Å². The molecular weight excluding hydrogens is 367 g/mol. The van der Waals surface area contributed by atoms with Crippen LogP contribution >= 0.6 is 0 Å². The SMILES string of the molecule is CC(C)N1CCC(CN(C)c2nc(-c3ccccc3O)nc3ccc(F)cc23)C1. The summed E-state index contributed by atoms with van der Waals surface area (Å²) in [6, 6.07) is 12.1. The van der Waals surface area contributed by atoms with E-state index in [4.69, 9.17) is 4.98 Å². The van der Waals surface area contributed by atoms with Gasteiger partial charge in [-0.15, -0.1) is 0 Å². The molecule has 1 N–H and O–H groups in total. The minimum Gasteiger partial charge on any atom is -0.507 e. The summed E-state index contributed by atoms with van der Waals surface area (Å²) in [6.45, 7) is 7.47. The first kappa shape index (κ1) is 19.6. The molecule has 0 aliphatic carbocycles. The molecule has 3 aromatic rings. The third-order valence-corrected chi connectivity index (χ3v) is 5.72. The molecule has 0 amide bonds. The molecule has 4 rings (SSSR count). The molecule has 1 atom stereocenters. The van der Waals surface area contributed by atoms with Crippen LogP contribution in [0.5, 0.6) is 5.75 Å². The van der Waals surface area contributed by atoms with Crippen LogP contribution in [-0.2, 0) is 0 Å². The van der Waals surface area contributed by atoms with Gasteiger partial charge >= 0.3 is 0 Å². The van der Waals surface area contributed by atoms with Crippen molar-refractivity contribution in [3.63, 3.8) is 0 Å². The molecule has 6 heteroatoms. The second-order valence-electron chi connectivity index (χ2n) is 8.17.